The van der Waals surface area contributed by atoms with Crippen LogP contribution in [0.25, 0.3) is 0 Å². The van der Waals surface area contributed by atoms with E-state index in [1.54, 1.807) is 0 Å². The Morgan fingerprint density at radius 1 is 1.29 bits per heavy atom. The lowest BCUT2D eigenvalue weighted by molar-refractivity contribution is -0.304. The van der Waals surface area contributed by atoms with Gasteiger partial charge in [-0.25, -0.2) is 4.79 Å². The van der Waals surface area contributed by atoms with Gasteiger partial charge in [-0.3, -0.25) is 0 Å². The van der Waals surface area contributed by atoms with E-state index in [1.165, 1.54) is 6.92 Å². The Hall–Kier alpha value is -0.770. The summed E-state index contributed by atoms with van der Waals surface area (Å²) >= 11 is 0. The van der Waals surface area contributed by atoms with Gasteiger partial charge in [0, 0.05) is 0 Å². The summed E-state index contributed by atoms with van der Waals surface area (Å²) in [4.78, 5) is 10.7. The first-order chi connectivity index (χ1) is 7.88. The highest BCUT2D eigenvalue weighted by Gasteiger charge is 2.47. The maximum absolute atomic E-state index is 10.7. The van der Waals surface area contributed by atoms with Crippen molar-refractivity contribution in [2.45, 2.75) is 43.7 Å². The van der Waals surface area contributed by atoms with Crippen LogP contribution in [0.4, 0.5) is 0 Å². The monoisotopic (exact) mass is 252 g/mol. The van der Waals surface area contributed by atoms with Crippen molar-refractivity contribution in [2.24, 2.45) is 0 Å². The average Bonchev–Trinajstić information content (AvgIpc) is 2.29. The zero-order valence-corrected chi connectivity index (χ0v) is 9.13. The second kappa shape index (κ2) is 5.71. The zero-order valence-electron chi connectivity index (χ0n) is 9.13. The van der Waals surface area contributed by atoms with Gasteiger partial charge < -0.3 is 35.0 Å². The third kappa shape index (κ3) is 3.12. The second-order valence-electron chi connectivity index (χ2n) is 3.86. The third-order valence-electron chi connectivity index (χ3n) is 2.44. The molecule has 0 amide bonds. The van der Waals surface area contributed by atoms with E-state index in [2.05, 4.69) is 0 Å². The Morgan fingerprint density at radius 2 is 1.88 bits per heavy atom. The average molecular weight is 252 g/mol. The number of hydrogen-bond acceptors (Lipinski definition) is 7. The summed E-state index contributed by atoms with van der Waals surface area (Å²) in [6.07, 6.45) is -8.84. The van der Waals surface area contributed by atoms with Crippen molar-refractivity contribution in [1.82, 2.24) is 0 Å². The molecule has 0 aromatic heterocycles. The van der Waals surface area contributed by atoms with Gasteiger partial charge in [0.1, 0.15) is 18.3 Å². The molecule has 0 radical (unpaired) electrons. The third-order valence-corrected chi connectivity index (χ3v) is 2.44. The van der Waals surface area contributed by atoms with Gasteiger partial charge in [-0.15, -0.1) is 0 Å². The molecule has 1 heterocycles. The first-order valence-corrected chi connectivity index (χ1v) is 5.07. The van der Waals surface area contributed by atoms with Crippen molar-refractivity contribution in [3.05, 3.63) is 0 Å². The Bertz CT molecular complexity index is 270. The van der Waals surface area contributed by atoms with Gasteiger partial charge in [-0.05, 0) is 6.92 Å². The lowest BCUT2D eigenvalue weighted by Gasteiger charge is -2.39. The fourth-order valence-electron chi connectivity index (χ4n) is 1.44. The van der Waals surface area contributed by atoms with Crippen molar-refractivity contribution in [1.29, 1.82) is 0 Å². The smallest absolute Gasteiger partial charge is 0.335 e. The maximum atomic E-state index is 10.7. The second-order valence-corrected chi connectivity index (χ2v) is 3.86. The van der Waals surface area contributed by atoms with E-state index < -0.39 is 42.8 Å². The molecule has 8 heteroatoms. The number of aliphatic hydroxyl groups is 4. The molecule has 6 atom stereocenters. The highest BCUT2D eigenvalue weighted by Crippen LogP contribution is 2.23. The van der Waals surface area contributed by atoms with Crippen LogP contribution >= 0.6 is 0 Å². The van der Waals surface area contributed by atoms with Gasteiger partial charge in [0.15, 0.2) is 12.4 Å². The van der Waals surface area contributed by atoms with Crippen LogP contribution in [0.5, 0.6) is 0 Å². The minimum Gasteiger partial charge on any atom is -0.479 e. The van der Waals surface area contributed by atoms with Crippen LogP contribution in [0.1, 0.15) is 6.92 Å². The Balaban J connectivity index is 2.74. The summed E-state index contributed by atoms with van der Waals surface area (Å²) in [5.41, 5.74) is 0. The van der Waals surface area contributed by atoms with E-state index in [4.69, 9.17) is 19.7 Å². The molecule has 17 heavy (non-hydrogen) atoms. The molecule has 1 rings (SSSR count). The molecule has 0 aromatic carbocycles. The number of rotatable bonds is 4. The molecule has 0 bridgehead atoms. The largest absolute Gasteiger partial charge is 0.479 e. The summed E-state index contributed by atoms with van der Waals surface area (Å²) in [5, 5.41) is 45.8. The van der Waals surface area contributed by atoms with Crippen LogP contribution in [-0.2, 0) is 14.3 Å². The fraction of sp³-hybridized carbons (Fsp3) is 0.889. The molecule has 8 nitrogen and oxygen atoms in total. The standard InChI is InChI=1S/C9H16O8/c1-3(2-10)16-9-6(13)4(11)5(12)7(17-9)8(14)15/h3-7,9-13H,2H2,1H3,(H,14,15)/t3?,4?,5-,6-,7?,9-/m0/s1. The number of ether oxygens (including phenoxy) is 2. The Morgan fingerprint density at radius 3 is 2.35 bits per heavy atom. The maximum Gasteiger partial charge on any atom is 0.335 e. The molecule has 0 spiro atoms. The molecule has 1 aliphatic rings. The molecule has 100 valence electrons. The van der Waals surface area contributed by atoms with E-state index in [-0.39, 0.29) is 6.61 Å². The van der Waals surface area contributed by atoms with Gasteiger partial charge in [-0.1, -0.05) is 0 Å². The summed E-state index contributed by atoms with van der Waals surface area (Å²) < 4.78 is 9.82. The highest BCUT2D eigenvalue weighted by atomic mass is 16.7. The quantitative estimate of drug-likeness (QED) is 0.364. The van der Waals surface area contributed by atoms with Crippen molar-refractivity contribution in [3.63, 3.8) is 0 Å². The summed E-state index contributed by atoms with van der Waals surface area (Å²) in [6.45, 7) is 1.12. The van der Waals surface area contributed by atoms with E-state index in [0.717, 1.165) is 0 Å². The molecule has 5 N–H and O–H groups in total. The molecule has 1 saturated heterocycles. The number of aliphatic hydroxyl groups excluding tert-OH is 4. The highest BCUT2D eigenvalue weighted by molar-refractivity contribution is 5.73. The molecule has 1 aliphatic heterocycles. The number of carboxylic acids is 1. The van der Waals surface area contributed by atoms with Crippen LogP contribution < -0.4 is 0 Å². The van der Waals surface area contributed by atoms with E-state index >= 15 is 0 Å². The normalized spacial score (nSPS) is 39.9. The van der Waals surface area contributed by atoms with Gasteiger partial charge in [0.2, 0.25) is 0 Å². The lowest BCUT2D eigenvalue weighted by Crippen LogP contribution is -2.60. The number of carbonyl (C=O) groups is 1. The van der Waals surface area contributed by atoms with Crippen LogP contribution in [0.15, 0.2) is 0 Å². The molecule has 0 aromatic rings. The first-order valence-electron chi connectivity index (χ1n) is 5.07. The molecular weight excluding hydrogens is 236 g/mol. The SMILES string of the molecule is CC(CO)O[C@H]1OC(C(=O)O)[C@@H](O)C(O)[C@@H]1O. The van der Waals surface area contributed by atoms with Gasteiger partial charge in [-0.2, -0.15) is 0 Å². The minimum absolute atomic E-state index is 0.358. The van der Waals surface area contributed by atoms with E-state index in [9.17, 15) is 20.1 Å². The summed E-state index contributed by atoms with van der Waals surface area (Å²) in [7, 11) is 0. The zero-order chi connectivity index (χ0) is 13.2. The van der Waals surface area contributed by atoms with Gasteiger partial charge in [0.05, 0.1) is 12.7 Å². The first kappa shape index (κ1) is 14.3. The minimum atomic E-state index is -1.74. The predicted octanol–water partition coefficient (Wildman–Crippen LogP) is -2.72. The topological polar surface area (TPSA) is 137 Å². The van der Waals surface area contributed by atoms with Crippen molar-refractivity contribution in [2.75, 3.05) is 6.61 Å². The number of aliphatic carboxylic acids is 1. The number of hydrogen-bond donors (Lipinski definition) is 5. The van der Waals surface area contributed by atoms with Crippen molar-refractivity contribution < 1.29 is 39.8 Å². The predicted molar refractivity (Wildman–Crippen MR) is 52.0 cm³/mol. The van der Waals surface area contributed by atoms with Crippen LogP contribution in [0, 0.1) is 0 Å². The molecule has 1 fully saturated rings. The Labute approximate surface area is 97.0 Å². The fourth-order valence-corrected chi connectivity index (χ4v) is 1.44. The van der Waals surface area contributed by atoms with Gasteiger partial charge >= 0.3 is 5.97 Å². The molecule has 0 saturated carbocycles. The van der Waals surface area contributed by atoms with Crippen LogP contribution in [0.2, 0.25) is 0 Å². The van der Waals surface area contributed by atoms with Crippen LogP contribution in [0.3, 0.4) is 0 Å². The van der Waals surface area contributed by atoms with Crippen LogP contribution in [-0.4, -0.2) is 74.9 Å². The van der Waals surface area contributed by atoms with Crippen molar-refractivity contribution >= 4 is 5.97 Å². The summed E-state index contributed by atoms with van der Waals surface area (Å²) in [6, 6.07) is 0. The Kier molecular flexibility index (Phi) is 4.80. The lowest BCUT2D eigenvalue weighted by atomic mass is 9.99. The molecule has 0 aliphatic carbocycles. The molecule has 3 unspecified atom stereocenters. The van der Waals surface area contributed by atoms with Crippen molar-refractivity contribution in [3.8, 4) is 0 Å². The van der Waals surface area contributed by atoms with Gasteiger partial charge in [0.25, 0.3) is 0 Å². The van der Waals surface area contributed by atoms with E-state index in [0.29, 0.717) is 0 Å². The summed E-state index contributed by atoms with van der Waals surface area (Å²) in [5.74, 6) is -1.48. The van der Waals surface area contributed by atoms with E-state index in [1.807, 2.05) is 0 Å². The number of carboxylic acid groups (broad SMARTS) is 1. The molecular formula is C9H16O8.